The van der Waals surface area contributed by atoms with Gasteiger partial charge in [0.1, 0.15) is 0 Å². The fourth-order valence-electron chi connectivity index (χ4n) is 0.623. The lowest BCUT2D eigenvalue weighted by molar-refractivity contribution is 0.149. The van der Waals surface area contributed by atoms with Crippen LogP contribution in [0.3, 0.4) is 0 Å². The predicted molar refractivity (Wildman–Crippen MR) is 49.7 cm³/mol. The van der Waals surface area contributed by atoms with Gasteiger partial charge in [-0.2, -0.15) is 0 Å². The quantitative estimate of drug-likeness (QED) is 0.457. The van der Waals surface area contributed by atoms with E-state index in [0.717, 1.165) is 0 Å². The molecule has 0 heterocycles. The second-order valence-corrected chi connectivity index (χ2v) is 3.96. The summed E-state index contributed by atoms with van der Waals surface area (Å²) in [6.45, 7) is 4.22. The minimum absolute atomic E-state index is 0.0286. The maximum atomic E-state index is 8.54. The third-order valence-corrected chi connectivity index (χ3v) is 1.93. The topological polar surface area (TPSA) is 82.0 Å². The summed E-state index contributed by atoms with van der Waals surface area (Å²) < 4.78 is 30.7. The lowest BCUT2D eigenvalue weighted by Crippen LogP contribution is -2.24. The normalized spacial score (nSPS) is 13.3. The van der Waals surface area contributed by atoms with Crippen LogP contribution in [-0.4, -0.2) is 45.7 Å². The molecule has 0 amide bonds. The Kier molecular flexibility index (Phi) is 6.73. The molecule has 0 aromatic heterocycles. The van der Waals surface area contributed by atoms with E-state index >= 15 is 0 Å². The molecule has 5 nitrogen and oxygen atoms in total. The number of ether oxygens (including phenoxy) is 1. The van der Waals surface area contributed by atoms with E-state index in [1.54, 1.807) is 0 Å². The Balaban J connectivity index is 3.01. The van der Waals surface area contributed by atoms with E-state index in [4.69, 9.17) is 18.4 Å². The first kappa shape index (κ1) is 12.2. The SMILES string of the molecule is CCOCCNCCS(O)(O)O. The van der Waals surface area contributed by atoms with E-state index in [0.29, 0.717) is 26.3 Å². The van der Waals surface area contributed by atoms with E-state index in [-0.39, 0.29) is 5.75 Å². The lowest BCUT2D eigenvalue weighted by atomic mass is 10.6. The summed E-state index contributed by atoms with van der Waals surface area (Å²) in [4.78, 5) is 0. The van der Waals surface area contributed by atoms with Gasteiger partial charge in [-0.15, -0.1) is 0 Å². The molecule has 0 bridgehead atoms. The summed E-state index contributed by atoms with van der Waals surface area (Å²) in [5.74, 6) is -0.0286. The van der Waals surface area contributed by atoms with Crippen LogP contribution in [0, 0.1) is 0 Å². The molecule has 6 heteroatoms. The smallest absolute Gasteiger partial charge is 0.0823 e. The predicted octanol–water partition coefficient (Wildman–Crippen LogP) is 0.836. The molecule has 0 aliphatic rings. The van der Waals surface area contributed by atoms with E-state index in [2.05, 4.69) is 5.32 Å². The molecule has 0 rings (SSSR count). The Bertz CT molecular complexity index is 106. The summed E-state index contributed by atoms with van der Waals surface area (Å²) in [6.07, 6.45) is 0. The van der Waals surface area contributed by atoms with Gasteiger partial charge in [-0.3, -0.25) is 0 Å². The Morgan fingerprint density at radius 1 is 1.25 bits per heavy atom. The van der Waals surface area contributed by atoms with E-state index < -0.39 is 10.9 Å². The molecule has 0 atom stereocenters. The first-order valence-electron chi connectivity index (χ1n) is 3.83. The molecule has 76 valence electrons. The molecule has 0 saturated heterocycles. The summed E-state index contributed by atoms with van der Waals surface area (Å²) >= 11 is 0. The summed E-state index contributed by atoms with van der Waals surface area (Å²) in [7, 11) is -3.32. The van der Waals surface area contributed by atoms with Crippen LogP contribution in [0.25, 0.3) is 0 Å². The van der Waals surface area contributed by atoms with Gasteiger partial charge in [0.25, 0.3) is 0 Å². The van der Waals surface area contributed by atoms with E-state index in [9.17, 15) is 0 Å². The van der Waals surface area contributed by atoms with Gasteiger partial charge in [0.2, 0.25) is 0 Å². The Morgan fingerprint density at radius 2 is 1.92 bits per heavy atom. The van der Waals surface area contributed by atoms with Crippen LogP contribution in [0.2, 0.25) is 0 Å². The number of hydrogen-bond acceptors (Lipinski definition) is 5. The average molecular weight is 199 g/mol. The highest BCUT2D eigenvalue weighted by Crippen LogP contribution is 2.30. The highest BCUT2D eigenvalue weighted by Gasteiger charge is 2.09. The van der Waals surface area contributed by atoms with Gasteiger partial charge in [0.05, 0.1) is 23.2 Å². The molecule has 0 unspecified atom stereocenters. The van der Waals surface area contributed by atoms with Crippen molar-refractivity contribution in [2.45, 2.75) is 6.92 Å². The average Bonchev–Trinajstić information content (AvgIpc) is 1.94. The van der Waals surface area contributed by atoms with Gasteiger partial charge >= 0.3 is 0 Å². The standard InChI is InChI=1S/C6H17NO4S/c1-2-11-5-3-7-4-6-12(8,9)10/h7-10H,2-6H2,1H3. The van der Waals surface area contributed by atoms with Crippen LogP contribution >= 0.6 is 10.9 Å². The van der Waals surface area contributed by atoms with Crippen molar-refractivity contribution in [3.63, 3.8) is 0 Å². The van der Waals surface area contributed by atoms with Crippen molar-refractivity contribution >= 4 is 10.9 Å². The highest BCUT2D eigenvalue weighted by molar-refractivity contribution is 8.19. The minimum atomic E-state index is -3.32. The summed E-state index contributed by atoms with van der Waals surface area (Å²) in [5, 5.41) is 2.89. The Labute approximate surface area is 74.3 Å². The molecular formula is C6H17NO4S. The second-order valence-electron chi connectivity index (χ2n) is 2.28. The molecule has 4 N–H and O–H groups in total. The van der Waals surface area contributed by atoms with Crippen LogP contribution in [0.4, 0.5) is 0 Å². The second kappa shape index (κ2) is 6.64. The first-order valence-corrected chi connectivity index (χ1v) is 5.50. The first-order chi connectivity index (χ1) is 5.56. The molecule has 12 heavy (non-hydrogen) atoms. The Morgan fingerprint density at radius 3 is 2.42 bits per heavy atom. The Hall–Kier alpha value is 0.150. The monoisotopic (exact) mass is 199 g/mol. The fraction of sp³-hybridized carbons (Fsp3) is 1.00. The fourth-order valence-corrected chi connectivity index (χ4v) is 1.04. The third kappa shape index (κ3) is 10.2. The van der Waals surface area contributed by atoms with Crippen molar-refractivity contribution in [2.75, 3.05) is 32.1 Å². The van der Waals surface area contributed by atoms with Gasteiger partial charge in [-0.05, 0) is 6.92 Å². The molecule has 0 spiro atoms. The summed E-state index contributed by atoms with van der Waals surface area (Å²) in [5.41, 5.74) is 0. The number of hydrogen-bond donors (Lipinski definition) is 4. The molecule has 0 aromatic carbocycles. The number of nitrogens with one attached hydrogen (secondary N) is 1. The largest absolute Gasteiger partial charge is 0.380 e. The van der Waals surface area contributed by atoms with Crippen molar-refractivity contribution < 1.29 is 18.4 Å². The van der Waals surface area contributed by atoms with Crippen LogP contribution < -0.4 is 5.32 Å². The van der Waals surface area contributed by atoms with Crippen molar-refractivity contribution in [1.82, 2.24) is 5.32 Å². The van der Waals surface area contributed by atoms with Crippen molar-refractivity contribution in [3.05, 3.63) is 0 Å². The maximum absolute atomic E-state index is 8.54. The van der Waals surface area contributed by atoms with E-state index in [1.165, 1.54) is 0 Å². The maximum Gasteiger partial charge on any atom is 0.0823 e. The molecular weight excluding hydrogens is 182 g/mol. The highest BCUT2D eigenvalue weighted by atomic mass is 32.3. The zero-order chi connectivity index (χ0) is 9.45. The zero-order valence-electron chi connectivity index (χ0n) is 7.19. The third-order valence-electron chi connectivity index (χ3n) is 1.18. The van der Waals surface area contributed by atoms with Crippen molar-refractivity contribution in [2.24, 2.45) is 0 Å². The van der Waals surface area contributed by atoms with Crippen LogP contribution in [-0.2, 0) is 4.74 Å². The number of rotatable bonds is 7. The van der Waals surface area contributed by atoms with Crippen LogP contribution in [0.15, 0.2) is 0 Å². The van der Waals surface area contributed by atoms with Crippen molar-refractivity contribution in [3.8, 4) is 0 Å². The van der Waals surface area contributed by atoms with Crippen LogP contribution in [0.1, 0.15) is 6.92 Å². The minimum Gasteiger partial charge on any atom is -0.380 e. The van der Waals surface area contributed by atoms with E-state index in [1.807, 2.05) is 6.92 Å². The molecule has 0 aliphatic carbocycles. The van der Waals surface area contributed by atoms with Gasteiger partial charge in [-0.25, -0.2) is 0 Å². The van der Waals surface area contributed by atoms with Gasteiger partial charge in [-0.1, -0.05) is 0 Å². The van der Waals surface area contributed by atoms with Crippen molar-refractivity contribution in [1.29, 1.82) is 0 Å². The molecule has 0 saturated carbocycles. The molecule has 0 aliphatic heterocycles. The molecule has 0 fully saturated rings. The van der Waals surface area contributed by atoms with Gasteiger partial charge < -0.3 is 23.7 Å². The zero-order valence-corrected chi connectivity index (χ0v) is 8.01. The lowest BCUT2D eigenvalue weighted by Gasteiger charge is -2.18. The van der Waals surface area contributed by atoms with Crippen LogP contribution in [0.5, 0.6) is 0 Å². The van der Waals surface area contributed by atoms with Gasteiger partial charge in [0.15, 0.2) is 0 Å². The molecule has 0 aromatic rings. The summed E-state index contributed by atoms with van der Waals surface area (Å²) in [6, 6.07) is 0. The molecule has 0 radical (unpaired) electrons. The van der Waals surface area contributed by atoms with Gasteiger partial charge in [0, 0.05) is 19.7 Å².